The van der Waals surface area contributed by atoms with Gasteiger partial charge in [0.05, 0.1) is 9.92 Å². The molecule has 0 saturated heterocycles. The molecule has 5 heteroatoms. The Bertz CT molecular complexity index is 778. The third kappa shape index (κ3) is 2.92. The Morgan fingerprint density at radius 2 is 1.95 bits per heavy atom. The van der Waals surface area contributed by atoms with Gasteiger partial charge in [0, 0.05) is 11.6 Å². The monoisotopic (exact) mass is 318 g/mol. The maximum Gasteiger partial charge on any atom is 0.200 e. The molecule has 2 heterocycles. The van der Waals surface area contributed by atoms with E-state index in [0.29, 0.717) is 10.9 Å². The molecule has 0 bridgehead atoms. The van der Waals surface area contributed by atoms with Crippen molar-refractivity contribution < 1.29 is 4.42 Å². The SMILES string of the molecule is CC(C)(C)c1nc2ccc(Cl)c(Sc3ccccn3)c2o1. The van der Waals surface area contributed by atoms with E-state index in [-0.39, 0.29) is 5.41 Å². The van der Waals surface area contributed by atoms with Crippen molar-refractivity contribution in [2.45, 2.75) is 36.1 Å². The van der Waals surface area contributed by atoms with Gasteiger partial charge in [-0.15, -0.1) is 0 Å². The van der Waals surface area contributed by atoms with Crippen LogP contribution in [0, 0.1) is 0 Å². The normalized spacial score (nSPS) is 12.0. The molecule has 0 spiro atoms. The second-order valence-electron chi connectivity index (χ2n) is 5.76. The van der Waals surface area contributed by atoms with Crippen LogP contribution in [0.3, 0.4) is 0 Å². The predicted molar refractivity (Wildman–Crippen MR) is 86.1 cm³/mol. The minimum absolute atomic E-state index is 0.140. The van der Waals surface area contributed by atoms with E-state index < -0.39 is 0 Å². The Morgan fingerprint density at radius 1 is 1.14 bits per heavy atom. The van der Waals surface area contributed by atoms with Crippen molar-refractivity contribution in [1.29, 1.82) is 0 Å². The fraction of sp³-hybridized carbons (Fsp3) is 0.250. The molecule has 0 atom stereocenters. The van der Waals surface area contributed by atoms with Crippen molar-refractivity contribution in [3.05, 3.63) is 47.4 Å². The Kier molecular flexibility index (Phi) is 3.68. The van der Waals surface area contributed by atoms with Gasteiger partial charge in [-0.1, -0.05) is 50.2 Å². The van der Waals surface area contributed by atoms with Crippen LogP contribution in [0.5, 0.6) is 0 Å². The maximum atomic E-state index is 6.34. The van der Waals surface area contributed by atoms with Crippen LogP contribution in [-0.4, -0.2) is 9.97 Å². The van der Waals surface area contributed by atoms with Gasteiger partial charge in [0.15, 0.2) is 5.58 Å². The topological polar surface area (TPSA) is 38.9 Å². The van der Waals surface area contributed by atoms with E-state index in [1.54, 1.807) is 6.20 Å². The quantitative estimate of drug-likeness (QED) is 0.640. The fourth-order valence-corrected chi connectivity index (χ4v) is 3.01. The van der Waals surface area contributed by atoms with Gasteiger partial charge >= 0.3 is 0 Å². The predicted octanol–water partition coefficient (Wildman–Crippen LogP) is 5.32. The largest absolute Gasteiger partial charge is 0.439 e. The third-order valence-electron chi connectivity index (χ3n) is 2.95. The van der Waals surface area contributed by atoms with Crippen LogP contribution in [0.4, 0.5) is 0 Å². The molecular formula is C16H15ClN2OS. The first kappa shape index (κ1) is 14.4. The highest BCUT2D eigenvalue weighted by Gasteiger charge is 2.23. The smallest absolute Gasteiger partial charge is 0.200 e. The molecule has 0 radical (unpaired) electrons. The molecule has 0 aliphatic heterocycles. The Hall–Kier alpha value is -1.52. The zero-order chi connectivity index (χ0) is 15.0. The van der Waals surface area contributed by atoms with E-state index in [2.05, 4.69) is 30.7 Å². The third-order valence-corrected chi connectivity index (χ3v) is 4.44. The van der Waals surface area contributed by atoms with E-state index in [0.717, 1.165) is 21.0 Å². The van der Waals surface area contributed by atoms with Crippen LogP contribution in [0.25, 0.3) is 11.1 Å². The zero-order valence-electron chi connectivity index (χ0n) is 12.1. The first-order valence-electron chi connectivity index (χ1n) is 6.63. The van der Waals surface area contributed by atoms with E-state index in [9.17, 15) is 0 Å². The van der Waals surface area contributed by atoms with Gasteiger partial charge in [-0.2, -0.15) is 0 Å². The first-order valence-corrected chi connectivity index (χ1v) is 7.83. The number of hydrogen-bond acceptors (Lipinski definition) is 4. The van der Waals surface area contributed by atoms with Crippen LogP contribution < -0.4 is 0 Å². The summed E-state index contributed by atoms with van der Waals surface area (Å²) in [6, 6.07) is 9.52. The van der Waals surface area contributed by atoms with Crippen molar-refractivity contribution >= 4 is 34.5 Å². The van der Waals surface area contributed by atoms with Crippen LogP contribution >= 0.6 is 23.4 Å². The van der Waals surface area contributed by atoms with Gasteiger partial charge in [0.2, 0.25) is 5.89 Å². The summed E-state index contributed by atoms with van der Waals surface area (Å²) >= 11 is 7.83. The number of aromatic nitrogens is 2. The lowest BCUT2D eigenvalue weighted by Gasteiger charge is -2.11. The Balaban J connectivity index is 2.12. The van der Waals surface area contributed by atoms with Gasteiger partial charge in [-0.3, -0.25) is 0 Å². The number of pyridine rings is 1. The van der Waals surface area contributed by atoms with E-state index in [1.165, 1.54) is 11.8 Å². The molecule has 108 valence electrons. The lowest BCUT2D eigenvalue weighted by molar-refractivity contribution is 0.409. The number of oxazole rings is 1. The number of benzene rings is 1. The maximum absolute atomic E-state index is 6.34. The molecule has 0 aliphatic carbocycles. The summed E-state index contributed by atoms with van der Waals surface area (Å²) in [5, 5.41) is 1.52. The van der Waals surface area contributed by atoms with E-state index >= 15 is 0 Å². The molecule has 0 saturated carbocycles. The van der Waals surface area contributed by atoms with Gasteiger partial charge in [-0.05, 0) is 24.3 Å². The molecule has 0 N–H and O–H groups in total. The highest BCUT2D eigenvalue weighted by molar-refractivity contribution is 7.99. The summed E-state index contributed by atoms with van der Waals surface area (Å²) in [5.74, 6) is 0.711. The highest BCUT2D eigenvalue weighted by atomic mass is 35.5. The van der Waals surface area contributed by atoms with Gasteiger partial charge in [0.1, 0.15) is 10.5 Å². The molecule has 2 aromatic heterocycles. The lowest BCUT2D eigenvalue weighted by Crippen LogP contribution is -2.10. The van der Waals surface area contributed by atoms with Crippen molar-refractivity contribution in [2.24, 2.45) is 0 Å². The minimum Gasteiger partial charge on any atom is -0.439 e. The second kappa shape index (κ2) is 5.35. The fourth-order valence-electron chi connectivity index (χ4n) is 1.87. The zero-order valence-corrected chi connectivity index (χ0v) is 13.6. The van der Waals surface area contributed by atoms with Gasteiger partial charge < -0.3 is 4.42 Å². The number of nitrogens with zero attached hydrogens (tertiary/aromatic N) is 2. The van der Waals surface area contributed by atoms with E-state index in [1.807, 2.05) is 30.3 Å². The second-order valence-corrected chi connectivity index (χ2v) is 7.20. The van der Waals surface area contributed by atoms with Crippen LogP contribution in [0.2, 0.25) is 5.02 Å². The molecule has 0 unspecified atom stereocenters. The molecule has 0 fully saturated rings. The molecule has 3 nitrogen and oxygen atoms in total. The molecule has 3 rings (SSSR count). The molecule has 21 heavy (non-hydrogen) atoms. The molecule has 0 amide bonds. The lowest BCUT2D eigenvalue weighted by atomic mass is 9.97. The summed E-state index contributed by atoms with van der Waals surface area (Å²) in [6.07, 6.45) is 1.76. The van der Waals surface area contributed by atoms with Crippen LogP contribution in [0.1, 0.15) is 26.7 Å². The van der Waals surface area contributed by atoms with Crippen molar-refractivity contribution in [3.63, 3.8) is 0 Å². The van der Waals surface area contributed by atoms with Gasteiger partial charge in [-0.25, -0.2) is 9.97 Å². The summed E-state index contributed by atoms with van der Waals surface area (Å²) in [4.78, 5) is 9.75. The summed E-state index contributed by atoms with van der Waals surface area (Å²) in [7, 11) is 0. The molecular weight excluding hydrogens is 304 g/mol. The summed E-state index contributed by atoms with van der Waals surface area (Å²) < 4.78 is 5.97. The highest BCUT2D eigenvalue weighted by Crippen LogP contribution is 2.39. The standard InChI is InChI=1S/C16H15ClN2OS/c1-16(2,3)15-19-11-8-7-10(17)14(13(11)20-15)21-12-6-4-5-9-18-12/h4-9H,1-3H3. The Morgan fingerprint density at radius 3 is 2.62 bits per heavy atom. The average Bonchev–Trinajstić information content (AvgIpc) is 2.88. The average molecular weight is 319 g/mol. The minimum atomic E-state index is -0.140. The number of fused-ring (bicyclic) bond motifs is 1. The summed E-state index contributed by atoms with van der Waals surface area (Å²) in [6.45, 7) is 6.22. The van der Waals surface area contributed by atoms with Crippen molar-refractivity contribution in [3.8, 4) is 0 Å². The van der Waals surface area contributed by atoms with Crippen LogP contribution in [0.15, 0.2) is 50.9 Å². The number of rotatable bonds is 2. The van der Waals surface area contributed by atoms with Crippen molar-refractivity contribution in [1.82, 2.24) is 9.97 Å². The number of hydrogen-bond donors (Lipinski definition) is 0. The molecule has 0 aliphatic rings. The number of halogens is 1. The molecule has 3 aromatic rings. The van der Waals surface area contributed by atoms with Gasteiger partial charge in [0.25, 0.3) is 0 Å². The molecule has 1 aromatic carbocycles. The van der Waals surface area contributed by atoms with Crippen molar-refractivity contribution in [2.75, 3.05) is 0 Å². The summed E-state index contributed by atoms with van der Waals surface area (Å²) in [5.41, 5.74) is 1.41. The Labute approximate surface area is 132 Å². The first-order chi connectivity index (χ1) is 9.95. The van der Waals surface area contributed by atoms with E-state index in [4.69, 9.17) is 16.0 Å². The van der Waals surface area contributed by atoms with Crippen LogP contribution in [-0.2, 0) is 5.41 Å².